The lowest BCUT2D eigenvalue weighted by Crippen LogP contribution is -2.39. The lowest BCUT2D eigenvalue weighted by atomic mass is 10.00. The Morgan fingerprint density at radius 2 is 1.96 bits per heavy atom. The highest BCUT2D eigenvalue weighted by molar-refractivity contribution is 5.78. The summed E-state index contributed by atoms with van der Waals surface area (Å²) < 4.78 is 38.5. The fraction of sp³-hybridized carbons (Fsp3) is 0.588. The quantitative estimate of drug-likeness (QED) is 0.819. The number of hydrogen-bond acceptors (Lipinski definition) is 2. The highest BCUT2D eigenvalue weighted by Gasteiger charge is 2.31. The second-order valence-electron chi connectivity index (χ2n) is 6.04. The first-order valence-corrected chi connectivity index (χ1v) is 7.82. The third-order valence-electron chi connectivity index (χ3n) is 3.80. The zero-order valence-corrected chi connectivity index (χ0v) is 14.1. The molecule has 1 aromatic rings. The van der Waals surface area contributed by atoms with Crippen molar-refractivity contribution >= 4 is 5.91 Å². The van der Waals surface area contributed by atoms with E-state index in [-0.39, 0.29) is 18.5 Å². The van der Waals surface area contributed by atoms with Gasteiger partial charge >= 0.3 is 6.18 Å². The Morgan fingerprint density at radius 1 is 1.30 bits per heavy atom. The monoisotopic (exact) mass is 330 g/mol. The van der Waals surface area contributed by atoms with Crippen LogP contribution in [-0.4, -0.2) is 30.4 Å². The molecule has 0 saturated heterocycles. The van der Waals surface area contributed by atoms with Crippen molar-refractivity contribution in [3.8, 4) is 0 Å². The second kappa shape index (κ2) is 8.34. The zero-order valence-electron chi connectivity index (χ0n) is 14.1. The number of nitrogens with zero attached hydrogens (tertiary/aromatic N) is 1. The van der Waals surface area contributed by atoms with Crippen molar-refractivity contribution in [1.82, 2.24) is 10.2 Å². The summed E-state index contributed by atoms with van der Waals surface area (Å²) >= 11 is 0. The minimum Gasteiger partial charge on any atom is -0.348 e. The molecule has 0 aliphatic rings. The van der Waals surface area contributed by atoms with Gasteiger partial charge < -0.3 is 5.32 Å². The lowest BCUT2D eigenvalue weighted by Gasteiger charge is -2.24. The van der Waals surface area contributed by atoms with Gasteiger partial charge in [-0.1, -0.05) is 25.5 Å². The molecule has 130 valence electrons. The van der Waals surface area contributed by atoms with Gasteiger partial charge in [0.05, 0.1) is 18.2 Å². The van der Waals surface area contributed by atoms with Crippen LogP contribution in [0.5, 0.6) is 0 Å². The summed E-state index contributed by atoms with van der Waals surface area (Å²) in [5.41, 5.74) is -0.202. The van der Waals surface area contributed by atoms with Gasteiger partial charge in [0.25, 0.3) is 0 Å². The van der Waals surface area contributed by atoms with E-state index < -0.39 is 17.8 Å². The van der Waals surface area contributed by atoms with Crippen molar-refractivity contribution in [2.75, 3.05) is 13.6 Å². The van der Waals surface area contributed by atoms with E-state index in [0.29, 0.717) is 12.0 Å². The van der Waals surface area contributed by atoms with E-state index in [1.54, 1.807) is 6.07 Å². The molecule has 0 radical (unpaired) electrons. The molecule has 0 aliphatic carbocycles. The fourth-order valence-electron chi connectivity index (χ4n) is 2.19. The molecular formula is C17H25F3N2O. The van der Waals surface area contributed by atoms with E-state index in [1.807, 2.05) is 32.7 Å². The van der Waals surface area contributed by atoms with Gasteiger partial charge in [0, 0.05) is 6.04 Å². The number of likely N-dealkylation sites (N-methyl/N-ethyl adjacent to an activating group) is 1. The van der Waals surface area contributed by atoms with E-state index in [0.717, 1.165) is 18.6 Å². The molecule has 0 aromatic heterocycles. The predicted molar refractivity (Wildman–Crippen MR) is 85.0 cm³/mol. The maximum atomic E-state index is 12.8. The van der Waals surface area contributed by atoms with Crippen molar-refractivity contribution in [2.24, 2.45) is 0 Å². The van der Waals surface area contributed by atoms with Crippen molar-refractivity contribution in [3.05, 3.63) is 35.4 Å². The zero-order chi connectivity index (χ0) is 17.6. The highest BCUT2D eigenvalue weighted by Crippen LogP contribution is 2.31. The van der Waals surface area contributed by atoms with Gasteiger partial charge in [-0.2, -0.15) is 13.2 Å². The summed E-state index contributed by atoms with van der Waals surface area (Å²) in [5.74, 6) is -0.183. The molecule has 1 N–H and O–H groups in total. The van der Waals surface area contributed by atoms with Gasteiger partial charge in [0.1, 0.15) is 0 Å². The van der Waals surface area contributed by atoms with Gasteiger partial charge in [0.2, 0.25) is 5.91 Å². The van der Waals surface area contributed by atoms with Crippen LogP contribution in [0.1, 0.15) is 50.8 Å². The van der Waals surface area contributed by atoms with Crippen LogP contribution in [0.15, 0.2) is 24.3 Å². The summed E-state index contributed by atoms with van der Waals surface area (Å²) in [7, 11) is 1.84. The van der Waals surface area contributed by atoms with Crippen LogP contribution >= 0.6 is 0 Å². The van der Waals surface area contributed by atoms with Crippen LogP contribution in [0.4, 0.5) is 13.2 Å². The summed E-state index contributed by atoms with van der Waals surface area (Å²) in [4.78, 5) is 14.0. The lowest BCUT2D eigenvalue weighted by molar-refractivity contribution is -0.137. The Balaban J connectivity index is 2.88. The van der Waals surface area contributed by atoms with Gasteiger partial charge in [-0.15, -0.1) is 0 Å². The third-order valence-corrected chi connectivity index (χ3v) is 3.80. The first kappa shape index (κ1) is 19.5. The molecule has 1 amide bonds. The van der Waals surface area contributed by atoms with E-state index in [9.17, 15) is 18.0 Å². The first-order valence-electron chi connectivity index (χ1n) is 7.82. The number of rotatable bonds is 7. The average molecular weight is 330 g/mol. The number of halogens is 3. The topological polar surface area (TPSA) is 32.3 Å². The second-order valence-corrected chi connectivity index (χ2v) is 6.04. The van der Waals surface area contributed by atoms with Crippen molar-refractivity contribution in [3.63, 3.8) is 0 Å². The molecule has 1 atom stereocenters. The number of nitrogens with one attached hydrogen (secondary N) is 1. The molecule has 1 aromatic carbocycles. The molecule has 0 bridgehead atoms. The molecule has 6 heteroatoms. The van der Waals surface area contributed by atoms with E-state index in [2.05, 4.69) is 5.32 Å². The molecule has 0 saturated carbocycles. The summed E-state index contributed by atoms with van der Waals surface area (Å²) in [6.07, 6.45) is -3.02. The van der Waals surface area contributed by atoms with Gasteiger partial charge in [-0.3, -0.25) is 9.69 Å². The summed E-state index contributed by atoms with van der Waals surface area (Å²) in [6, 6.07) is 4.98. The normalized spacial score (nSPS) is 13.4. The van der Waals surface area contributed by atoms with Gasteiger partial charge in [0.15, 0.2) is 0 Å². The average Bonchev–Trinajstić information content (AvgIpc) is 2.45. The third kappa shape index (κ3) is 6.22. The standard InChI is InChI=1S/C17H25F3N2O/c1-5-7-15(21-16(23)11-22(4)12(2)3)13-8-6-9-14(10-13)17(18,19)20/h6,8-10,12,15H,5,7,11H2,1-4H3,(H,21,23). The predicted octanol–water partition coefficient (Wildman–Crippen LogP) is 4.00. The number of alkyl halides is 3. The van der Waals surface area contributed by atoms with E-state index in [4.69, 9.17) is 0 Å². The maximum absolute atomic E-state index is 12.8. The Labute approximate surface area is 135 Å². The summed E-state index contributed by atoms with van der Waals surface area (Å²) in [5, 5.41) is 2.85. The Bertz CT molecular complexity index is 515. The van der Waals surface area contributed by atoms with Crippen LogP contribution in [0.3, 0.4) is 0 Å². The summed E-state index contributed by atoms with van der Waals surface area (Å²) in [6.45, 7) is 6.11. The van der Waals surface area contributed by atoms with Crippen LogP contribution in [0.2, 0.25) is 0 Å². The molecule has 0 fully saturated rings. The van der Waals surface area contributed by atoms with Crippen LogP contribution in [-0.2, 0) is 11.0 Å². The Kier molecular flexibility index (Phi) is 7.06. The number of carbonyl (C=O) groups excluding carboxylic acids is 1. The Hall–Kier alpha value is -1.56. The smallest absolute Gasteiger partial charge is 0.348 e. The number of amides is 1. The van der Waals surface area contributed by atoms with Crippen LogP contribution in [0, 0.1) is 0 Å². The van der Waals surface area contributed by atoms with Gasteiger partial charge in [-0.05, 0) is 45.0 Å². The SMILES string of the molecule is CCCC(NC(=O)CN(C)C(C)C)c1cccc(C(F)(F)F)c1. The van der Waals surface area contributed by atoms with Crippen molar-refractivity contribution in [2.45, 2.75) is 51.9 Å². The molecule has 0 heterocycles. The minimum absolute atomic E-state index is 0.183. The minimum atomic E-state index is -4.38. The Morgan fingerprint density at radius 3 is 2.48 bits per heavy atom. The van der Waals surface area contributed by atoms with Gasteiger partial charge in [-0.25, -0.2) is 0 Å². The molecule has 3 nitrogen and oxygen atoms in total. The highest BCUT2D eigenvalue weighted by atomic mass is 19.4. The molecule has 23 heavy (non-hydrogen) atoms. The molecule has 1 unspecified atom stereocenters. The fourth-order valence-corrected chi connectivity index (χ4v) is 2.19. The largest absolute Gasteiger partial charge is 0.416 e. The van der Waals surface area contributed by atoms with E-state index in [1.165, 1.54) is 6.07 Å². The number of benzene rings is 1. The van der Waals surface area contributed by atoms with Crippen LogP contribution < -0.4 is 5.32 Å². The van der Waals surface area contributed by atoms with E-state index >= 15 is 0 Å². The van der Waals surface area contributed by atoms with Crippen LogP contribution in [0.25, 0.3) is 0 Å². The molecular weight excluding hydrogens is 305 g/mol. The molecule has 0 aliphatic heterocycles. The molecule has 0 spiro atoms. The number of carbonyl (C=O) groups is 1. The maximum Gasteiger partial charge on any atom is 0.416 e. The van der Waals surface area contributed by atoms with Crippen molar-refractivity contribution < 1.29 is 18.0 Å². The van der Waals surface area contributed by atoms with Crippen molar-refractivity contribution in [1.29, 1.82) is 0 Å². The molecule has 1 rings (SSSR count). The number of hydrogen-bond donors (Lipinski definition) is 1. The first-order chi connectivity index (χ1) is 10.6.